The van der Waals surface area contributed by atoms with E-state index in [4.69, 9.17) is 0 Å². The van der Waals surface area contributed by atoms with Crippen LogP contribution in [0.25, 0.3) is 0 Å². The van der Waals surface area contributed by atoms with E-state index in [1.165, 1.54) is 5.57 Å². The lowest BCUT2D eigenvalue weighted by Crippen LogP contribution is -2.10. The van der Waals surface area contributed by atoms with Gasteiger partial charge in [-0.1, -0.05) is 36.8 Å². The smallest absolute Gasteiger partial charge is 0.142 e. The molecule has 0 saturated carbocycles. The minimum absolute atomic E-state index is 0.0421. The molecule has 0 N–H and O–H groups in total. The van der Waals surface area contributed by atoms with Crippen molar-refractivity contribution in [3.05, 3.63) is 36.0 Å². The third-order valence-corrected chi connectivity index (χ3v) is 2.15. The van der Waals surface area contributed by atoms with Crippen LogP contribution in [0.1, 0.15) is 20.3 Å². The van der Waals surface area contributed by atoms with Crippen LogP contribution in [-0.4, -0.2) is 6.29 Å². The second kappa shape index (κ2) is 3.53. The number of hydrogen-bond donors (Lipinski definition) is 0. The summed E-state index contributed by atoms with van der Waals surface area (Å²) < 4.78 is 0. The molecule has 1 nitrogen and oxygen atoms in total. The van der Waals surface area contributed by atoms with E-state index < -0.39 is 0 Å². The Hall–Kier alpha value is -1.11. The summed E-state index contributed by atoms with van der Waals surface area (Å²) in [5.74, 6) is 0. The number of rotatable bonds is 2. The van der Waals surface area contributed by atoms with Crippen molar-refractivity contribution in [2.75, 3.05) is 0 Å². The molecule has 0 heterocycles. The molecule has 0 bridgehead atoms. The summed E-state index contributed by atoms with van der Waals surface area (Å²) in [6.07, 6.45) is 11.7. The average molecular weight is 162 g/mol. The first-order valence-electron chi connectivity index (χ1n) is 4.15. The van der Waals surface area contributed by atoms with Crippen LogP contribution in [0.4, 0.5) is 0 Å². The van der Waals surface area contributed by atoms with Gasteiger partial charge in [-0.2, -0.15) is 0 Å². The van der Waals surface area contributed by atoms with Gasteiger partial charge < -0.3 is 0 Å². The van der Waals surface area contributed by atoms with Gasteiger partial charge in [-0.25, -0.2) is 0 Å². The maximum Gasteiger partial charge on any atom is 0.142 e. The van der Waals surface area contributed by atoms with Crippen LogP contribution in [0.2, 0.25) is 0 Å². The van der Waals surface area contributed by atoms with E-state index in [9.17, 15) is 4.79 Å². The average Bonchev–Trinajstić information content (AvgIpc) is 2.08. The summed E-state index contributed by atoms with van der Waals surface area (Å²) in [6.45, 7) is 4.20. The molecule has 64 valence electrons. The van der Waals surface area contributed by atoms with Crippen molar-refractivity contribution in [3.63, 3.8) is 0 Å². The van der Waals surface area contributed by atoms with Crippen molar-refractivity contribution < 1.29 is 4.79 Å². The topological polar surface area (TPSA) is 17.1 Å². The van der Waals surface area contributed by atoms with Crippen molar-refractivity contribution in [3.8, 4) is 0 Å². The Morgan fingerprint density at radius 2 is 2.33 bits per heavy atom. The zero-order valence-corrected chi connectivity index (χ0v) is 7.58. The third kappa shape index (κ3) is 2.19. The molecule has 12 heavy (non-hydrogen) atoms. The first-order valence-corrected chi connectivity index (χ1v) is 4.15. The highest BCUT2D eigenvalue weighted by Crippen LogP contribution is 2.30. The molecule has 0 aromatic heterocycles. The Morgan fingerprint density at radius 3 is 2.83 bits per heavy atom. The summed E-state index contributed by atoms with van der Waals surface area (Å²) in [6, 6.07) is 0. The fraction of sp³-hybridized carbons (Fsp3) is 0.364. The van der Waals surface area contributed by atoms with Crippen molar-refractivity contribution in [1.82, 2.24) is 0 Å². The lowest BCUT2D eigenvalue weighted by atomic mass is 9.82. The molecule has 0 aromatic rings. The Labute approximate surface area is 73.5 Å². The molecule has 1 heteroatoms. The predicted molar refractivity (Wildman–Crippen MR) is 50.8 cm³/mol. The van der Waals surface area contributed by atoms with E-state index in [1.807, 2.05) is 6.08 Å². The SMILES string of the molecule is CC1=CCC(C)(C=CC=O)C=C1. The molecular weight excluding hydrogens is 148 g/mol. The number of carbonyl (C=O) groups excluding carboxylic acids is 1. The molecule has 0 spiro atoms. The summed E-state index contributed by atoms with van der Waals surface area (Å²) in [4.78, 5) is 10.1. The Morgan fingerprint density at radius 1 is 1.58 bits per heavy atom. The van der Waals surface area contributed by atoms with Gasteiger partial charge in [0.25, 0.3) is 0 Å². The van der Waals surface area contributed by atoms with Crippen molar-refractivity contribution in [2.24, 2.45) is 5.41 Å². The van der Waals surface area contributed by atoms with Crippen molar-refractivity contribution in [2.45, 2.75) is 20.3 Å². The normalized spacial score (nSPS) is 29.0. The van der Waals surface area contributed by atoms with Crippen LogP contribution < -0.4 is 0 Å². The van der Waals surface area contributed by atoms with E-state index in [0.717, 1.165) is 12.7 Å². The highest BCUT2D eigenvalue weighted by atomic mass is 16.1. The van der Waals surface area contributed by atoms with Gasteiger partial charge in [0.1, 0.15) is 6.29 Å². The van der Waals surface area contributed by atoms with Gasteiger partial charge in [0.15, 0.2) is 0 Å². The Bertz CT molecular complexity index is 258. The number of hydrogen-bond acceptors (Lipinski definition) is 1. The first-order chi connectivity index (χ1) is 5.66. The van der Waals surface area contributed by atoms with Gasteiger partial charge >= 0.3 is 0 Å². The molecule has 1 atom stereocenters. The zero-order chi connectivity index (χ0) is 9.03. The fourth-order valence-electron chi connectivity index (χ4n) is 1.22. The van der Waals surface area contributed by atoms with Crippen LogP contribution in [0.3, 0.4) is 0 Å². The first kappa shape index (κ1) is 8.98. The minimum Gasteiger partial charge on any atom is -0.299 e. The summed E-state index contributed by atoms with van der Waals surface area (Å²) in [5.41, 5.74) is 1.34. The maximum absolute atomic E-state index is 10.1. The van der Waals surface area contributed by atoms with Crippen LogP contribution >= 0.6 is 0 Å². The van der Waals surface area contributed by atoms with Crippen LogP contribution in [-0.2, 0) is 4.79 Å². The van der Waals surface area contributed by atoms with Crippen LogP contribution in [0, 0.1) is 5.41 Å². The van der Waals surface area contributed by atoms with E-state index in [1.54, 1.807) is 6.08 Å². The van der Waals surface area contributed by atoms with Crippen LogP contribution in [0.15, 0.2) is 36.0 Å². The summed E-state index contributed by atoms with van der Waals surface area (Å²) in [5, 5.41) is 0. The maximum atomic E-state index is 10.1. The molecule has 1 rings (SSSR count). The summed E-state index contributed by atoms with van der Waals surface area (Å²) >= 11 is 0. The number of allylic oxidation sites excluding steroid dienone is 6. The lowest BCUT2D eigenvalue weighted by molar-refractivity contribution is -0.104. The quantitative estimate of drug-likeness (QED) is 0.450. The van der Waals surface area contributed by atoms with Crippen molar-refractivity contribution in [1.29, 1.82) is 0 Å². The van der Waals surface area contributed by atoms with Gasteiger partial charge in [0.05, 0.1) is 0 Å². The fourth-order valence-corrected chi connectivity index (χ4v) is 1.22. The largest absolute Gasteiger partial charge is 0.299 e. The standard InChI is InChI=1S/C11H14O/c1-10-4-7-11(2,8-5-10)6-3-9-12/h3-7,9H,8H2,1-2H3. The predicted octanol–water partition coefficient (Wildman–Crippen LogP) is 2.65. The lowest BCUT2D eigenvalue weighted by Gasteiger charge is -2.23. The second-order valence-corrected chi connectivity index (χ2v) is 3.49. The number of aldehydes is 1. The third-order valence-electron chi connectivity index (χ3n) is 2.15. The van der Waals surface area contributed by atoms with Gasteiger partial charge in [-0.3, -0.25) is 4.79 Å². The van der Waals surface area contributed by atoms with Gasteiger partial charge in [0.2, 0.25) is 0 Å². The monoisotopic (exact) mass is 162 g/mol. The summed E-state index contributed by atoms with van der Waals surface area (Å²) in [7, 11) is 0. The molecule has 0 fully saturated rings. The second-order valence-electron chi connectivity index (χ2n) is 3.49. The van der Waals surface area contributed by atoms with E-state index >= 15 is 0 Å². The molecule has 0 radical (unpaired) electrons. The highest BCUT2D eigenvalue weighted by Gasteiger charge is 2.17. The van der Waals surface area contributed by atoms with Crippen molar-refractivity contribution >= 4 is 6.29 Å². The molecule has 1 aliphatic carbocycles. The molecular formula is C11H14O. The minimum atomic E-state index is 0.0421. The van der Waals surface area contributed by atoms with E-state index in [-0.39, 0.29) is 5.41 Å². The Balaban J connectivity index is 2.71. The number of carbonyl (C=O) groups is 1. The van der Waals surface area contributed by atoms with Gasteiger partial charge in [-0.15, -0.1) is 0 Å². The zero-order valence-electron chi connectivity index (χ0n) is 7.58. The molecule has 1 aliphatic rings. The van der Waals surface area contributed by atoms with E-state index in [2.05, 4.69) is 32.1 Å². The van der Waals surface area contributed by atoms with E-state index in [0.29, 0.717) is 0 Å². The molecule has 0 amide bonds. The van der Waals surface area contributed by atoms with Crippen LogP contribution in [0.5, 0.6) is 0 Å². The van der Waals surface area contributed by atoms with Gasteiger partial charge in [-0.05, 0) is 19.4 Å². The highest BCUT2D eigenvalue weighted by molar-refractivity contribution is 5.65. The Kier molecular flexibility index (Phi) is 2.64. The van der Waals surface area contributed by atoms with Gasteiger partial charge in [0, 0.05) is 5.41 Å². The molecule has 0 aromatic carbocycles. The molecule has 1 unspecified atom stereocenters. The molecule has 0 aliphatic heterocycles. The molecule has 0 saturated heterocycles.